The molecule has 7 nitrogen and oxygen atoms in total. The number of nitrogens with zero attached hydrogens (tertiary/aromatic N) is 2. The maximum atomic E-state index is 11.9. The molecule has 1 aliphatic rings. The van der Waals surface area contributed by atoms with Crippen LogP contribution in [0.2, 0.25) is 0 Å². The molecule has 30 heavy (non-hydrogen) atoms. The molecule has 2 rings (SSSR count). The standard InChI is InChI=1S/C22H36N4O3.HI/c1-22(2,3)29-21(27)25-19-11-14-26(17-19)20(23-4)24-13-8-15-28-16-12-18-9-6-5-7-10-18;/h5-7,9-10,19H,8,11-17H2,1-4H3,(H,23,24)(H,25,27);1H. The second kappa shape index (κ2) is 13.7. The lowest BCUT2D eigenvalue weighted by molar-refractivity contribution is 0.0507. The van der Waals surface area contributed by atoms with E-state index in [1.54, 1.807) is 7.05 Å². The SMILES string of the molecule is CN=C(NCCCOCCc1ccccc1)N1CCC(NC(=O)OC(C)(C)C)C1.I. The molecule has 1 amide bonds. The first-order valence-electron chi connectivity index (χ1n) is 10.4. The number of ether oxygens (including phenoxy) is 2. The summed E-state index contributed by atoms with van der Waals surface area (Å²) in [6.45, 7) is 9.45. The van der Waals surface area contributed by atoms with Crippen molar-refractivity contribution in [2.24, 2.45) is 4.99 Å². The first-order chi connectivity index (χ1) is 13.9. The van der Waals surface area contributed by atoms with E-state index in [-0.39, 0.29) is 36.1 Å². The summed E-state index contributed by atoms with van der Waals surface area (Å²) >= 11 is 0. The molecule has 1 fully saturated rings. The summed E-state index contributed by atoms with van der Waals surface area (Å²) < 4.78 is 11.1. The molecule has 0 aromatic heterocycles. The number of rotatable bonds is 8. The third-order valence-corrected chi connectivity index (χ3v) is 4.55. The number of halogens is 1. The number of carbonyl (C=O) groups excluding carboxylic acids is 1. The molecule has 1 aliphatic heterocycles. The Morgan fingerprint density at radius 2 is 1.97 bits per heavy atom. The van der Waals surface area contributed by atoms with Crippen LogP contribution in [-0.2, 0) is 15.9 Å². The number of aliphatic imine (C=N–C) groups is 1. The maximum Gasteiger partial charge on any atom is 0.407 e. The molecule has 1 aromatic rings. The minimum absolute atomic E-state index is 0. The second-order valence-electron chi connectivity index (χ2n) is 8.25. The molecular formula is C22H37IN4O3. The molecule has 0 spiro atoms. The van der Waals surface area contributed by atoms with Crippen molar-refractivity contribution in [1.29, 1.82) is 0 Å². The Labute approximate surface area is 198 Å². The highest BCUT2D eigenvalue weighted by molar-refractivity contribution is 14.0. The number of hydrogen-bond acceptors (Lipinski definition) is 4. The Hall–Kier alpha value is -1.55. The van der Waals surface area contributed by atoms with Gasteiger partial charge in [0.2, 0.25) is 0 Å². The van der Waals surface area contributed by atoms with Gasteiger partial charge in [-0.15, -0.1) is 24.0 Å². The number of alkyl carbamates (subject to hydrolysis) is 1. The van der Waals surface area contributed by atoms with E-state index in [0.29, 0.717) is 0 Å². The fourth-order valence-electron chi connectivity index (χ4n) is 3.19. The number of guanidine groups is 1. The van der Waals surface area contributed by atoms with Crippen molar-refractivity contribution in [3.05, 3.63) is 35.9 Å². The van der Waals surface area contributed by atoms with Gasteiger partial charge in [-0.3, -0.25) is 4.99 Å². The lowest BCUT2D eigenvalue weighted by Gasteiger charge is -2.23. The van der Waals surface area contributed by atoms with Crippen LogP contribution < -0.4 is 10.6 Å². The van der Waals surface area contributed by atoms with Crippen LogP contribution in [0.5, 0.6) is 0 Å². The summed E-state index contributed by atoms with van der Waals surface area (Å²) in [5.41, 5.74) is 0.818. The lowest BCUT2D eigenvalue weighted by Crippen LogP contribution is -2.44. The van der Waals surface area contributed by atoms with Gasteiger partial charge in [0, 0.05) is 33.3 Å². The van der Waals surface area contributed by atoms with Crippen LogP contribution in [0, 0.1) is 0 Å². The number of likely N-dealkylation sites (tertiary alicyclic amines) is 1. The van der Waals surface area contributed by atoms with Crippen LogP contribution >= 0.6 is 24.0 Å². The molecule has 8 heteroatoms. The zero-order valence-corrected chi connectivity index (χ0v) is 21.0. The summed E-state index contributed by atoms with van der Waals surface area (Å²) in [4.78, 5) is 18.5. The van der Waals surface area contributed by atoms with E-state index in [4.69, 9.17) is 9.47 Å². The monoisotopic (exact) mass is 532 g/mol. The average Bonchev–Trinajstić information content (AvgIpc) is 3.11. The Morgan fingerprint density at radius 3 is 2.63 bits per heavy atom. The fourth-order valence-corrected chi connectivity index (χ4v) is 3.19. The zero-order chi connectivity index (χ0) is 21.1. The minimum atomic E-state index is -0.483. The highest BCUT2D eigenvalue weighted by atomic mass is 127. The molecular weight excluding hydrogens is 495 g/mol. The van der Waals surface area contributed by atoms with E-state index in [0.717, 1.165) is 58.1 Å². The van der Waals surface area contributed by atoms with Gasteiger partial charge in [-0.25, -0.2) is 4.79 Å². The Bertz CT molecular complexity index is 650. The molecule has 1 unspecified atom stereocenters. The second-order valence-corrected chi connectivity index (χ2v) is 8.25. The van der Waals surface area contributed by atoms with Crippen molar-refractivity contribution < 1.29 is 14.3 Å². The third-order valence-electron chi connectivity index (χ3n) is 4.55. The number of benzene rings is 1. The average molecular weight is 532 g/mol. The van der Waals surface area contributed by atoms with Gasteiger partial charge < -0.3 is 25.0 Å². The molecule has 1 saturated heterocycles. The van der Waals surface area contributed by atoms with Crippen LogP contribution in [0.3, 0.4) is 0 Å². The number of carbonyl (C=O) groups is 1. The first kappa shape index (κ1) is 26.5. The zero-order valence-electron chi connectivity index (χ0n) is 18.6. The third kappa shape index (κ3) is 10.5. The van der Waals surface area contributed by atoms with Crippen molar-refractivity contribution in [1.82, 2.24) is 15.5 Å². The summed E-state index contributed by atoms with van der Waals surface area (Å²) in [6.07, 6.45) is 2.37. The summed E-state index contributed by atoms with van der Waals surface area (Å²) in [7, 11) is 1.79. The number of amides is 1. The largest absolute Gasteiger partial charge is 0.444 e. The minimum Gasteiger partial charge on any atom is -0.444 e. The van der Waals surface area contributed by atoms with Gasteiger partial charge in [0.25, 0.3) is 0 Å². The van der Waals surface area contributed by atoms with Gasteiger partial charge in [-0.05, 0) is 45.6 Å². The van der Waals surface area contributed by atoms with E-state index >= 15 is 0 Å². The smallest absolute Gasteiger partial charge is 0.407 e. The van der Waals surface area contributed by atoms with Gasteiger partial charge >= 0.3 is 6.09 Å². The van der Waals surface area contributed by atoms with Crippen LogP contribution in [-0.4, -0.2) is 68.5 Å². The highest BCUT2D eigenvalue weighted by Gasteiger charge is 2.27. The molecule has 0 saturated carbocycles. The molecule has 0 radical (unpaired) electrons. The van der Waals surface area contributed by atoms with Gasteiger partial charge in [-0.2, -0.15) is 0 Å². The highest BCUT2D eigenvalue weighted by Crippen LogP contribution is 2.12. The van der Waals surface area contributed by atoms with E-state index < -0.39 is 5.60 Å². The summed E-state index contributed by atoms with van der Waals surface area (Å²) in [5.74, 6) is 0.864. The molecule has 1 aromatic carbocycles. The van der Waals surface area contributed by atoms with Crippen LogP contribution in [0.4, 0.5) is 4.79 Å². The molecule has 170 valence electrons. The van der Waals surface area contributed by atoms with Crippen LogP contribution in [0.25, 0.3) is 0 Å². The lowest BCUT2D eigenvalue weighted by atomic mass is 10.2. The van der Waals surface area contributed by atoms with Gasteiger partial charge in [0.05, 0.1) is 12.6 Å². The van der Waals surface area contributed by atoms with Crippen LogP contribution in [0.1, 0.15) is 39.2 Å². The normalized spacial score (nSPS) is 16.7. The summed E-state index contributed by atoms with van der Waals surface area (Å²) in [5, 5.41) is 6.33. The first-order valence-corrected chi connectivity index (χ1v) is 10.4. The summed E-state index contributed by atoms with van der Waals surface area (Å²) in [6, 6.07) is 10.4. The predicted octanol–water partition coefficient (Wildman–Crippen LogP) is 3.43. The topological polar surface area (TPSA) is 75.2 Å². The molecule has 1 heterocycles. The van der Waals surface area contributed by atoms with Crippen LogP contribution in [0.15, 0.2) is 35.3 Å². The van der Waals surface area contributed by atoms with Crippen molar-refractivity contribution in [2.45, 2.75) is 51.7 Å². The molecule has 0 bridgehead atoms. The van der Waals surface area contributed by atoms with E-state index in [9.17, 15) is 4.79 Å². The van der Waals surface area contributed by atoms with Gasteiger partial charge in [-0.1, -0.05) is 30.3 Å². The molecule has 2 N–H and O–H groups in total. The van der Waals surface area contributed by atoms with Crippen molar-refractivity contribution in [3.8, 4) is 0 Å². The fraction of sp³-hybridized carbons (Fsp3) is 0.636. The molecule has 1 atom stereocenters. The van der Waals surface area contributed by atoms with Crippen molar-refractivity contribution in [2.75, 3.05) is 39.9 Å². The number of hydrogen-bond donors (Lipinski definition) is 2. The predicted molar refractivity (Wildman–Crippen MR) is 132 cm³/mol. The van der Waals surface area contributed by atoms with E-state index in [1.165, 1.54) is 5.56 Å². The van der Waals surface area contributed by atoms with Gasteiger partial charge in [0.15, 0.2) is 5.96 Å². The number of nitrogens with one attached hydrogen (secondary N) is 2. The Balaban J connectivity index is 0.00000450. The maximum absolute atomic E-state index is 11.9. The quantitative estimate of drug-likeness (QED) is 0.232. The van der Waals surface area contributed by atoms with Crippen molar-refractivity contribution >= 4 is 36.0 Å². The van der Waals surface area contributed by atoms with Crippen molar-refractivity contribution in [3.63, 3.8) is 0 Å². The van der Waals surface area contributed by atoms with E-state index in [1.807, 2.05) is 26.8 Å². The Kier molecular flexibility index (Phi) is 12.1. The van der Waals surface area contributed by atoms with E-state index in [2.05, 4.69) is 44.8 Å². The molecule has 0 aliphatic carbocycles. The Morgan fingerprint density at radius 1 is 1.23 bits per heavy atom. The van der Waals surface area contributed by atoms with Gasteiger partial charge in [0.1, 0.15) is 5.60 Å².